The summed E-state index contributed by atoms with van der Waals surface area (Å²) in [7, 11) is 0. The van der Waals surface area contributed by atoms with Crippen molar-refractivity contribution in [3.8, 4) is 0 Å². The highest BCUT2D eigenvalue weighted by Crippen LogP contribution is 2.31. The summed E-state index contributed by atoms with van der Waals surface area (Å²) in [5.41, 5.74) is 6.06. The molecule has 0 radical (unpaired) electrons. The maximum Gasteiger partial charge on any atom is 0.115 e. The largest absolute Gasteiger partial charge is 0.327 e. The Morgan fingerprint density at radius 3 is 2.86 bits per heavy atom. The standard InChI is InChI=1S/C10H15N3S/c11-8-3-1-2-4-9(8)14-10-7-12-5-6-13-10/h5-9H,1-4,11H2. The number of hydrogen-bond acceptors (Lipinski definition) is 4. The van der Waals surface area contributed by atoms with E-state index in [9.17, 15) is 0 Å². The van der Waals surface area contributed by atoms with Crippen molar-refractivity contribution in [2.75, 3.05) is 0 Å². The van der Waals surface area contributed by atoms with E-state index in [-0.39, 0.29) is 0 Å². The van der Waals surface area contributed by atoms with Gasteiger partial charge < -0.3 is 5.73 Å². The summed E-state index contributed by atoms with van der Waals surface area (Å²) in [5, 5.41) is 1.52. The fraction of sp³-hybridized carbons (Fsp3) is 0.600. The Hall–Kier alpha value is -0.610. The van der Waals surface area contributed by atoms with Crippen LogP contribution in [0.15, 0.2) is 23.6 Å². The van der Waals surface area contributed by atoms with Crippen molar-refractivity contribution in [3.63, 3.8) is 0 Å². The Morgan fingerprint density at radius 1 is 1.29 bits per heavy atom. The van der Waals surface area contributed by atoms with Crippen LogP contribution >= 0.6 is 11.8 Å². The third kappa shape index (κ3) is 2.45. The van der Waals surface area contributed by atoms with Crippen LogP contribution in [0.5, 0.6) is 0 Å². The van der Waals surface area contributed by atoms with Crippen LogP contribution in [0.1, 0.15) is 25.7 Å². The quantitative estimate of drug-likeness (QED) is 0.807. The molecule has 2 rings (SSSR count). The lowest BCUT2D eigenvalue weighted by atomic mass is 9.96. The van der Waals surface area contributed by atoms with Crippen molar-refractivity contribution in [1.29, 1.82) is 0 Å². The minimum atomic E-state index is 0.329. The molecule has 14 heavy (non-hydrogen) atoms. The molecule has 1 aliphatic carbocycles. The van der Waals surface area contributed by atoms with Crippen molar-refractivity contribution in [3.05, 3.63) is 18.6 Å². The molecule has 1 heterocycles. The first-order chi connectivity index (χ1) is 6.86. The average molecular weight is 209 g/mol. The molecule has 2 unspecified atom stereocenters. The summed E-state index contributed by atoms with van der Waals surface area (Å²) in [6.45, 7) is 0. The number of aromatic nitrogens is 2. The highest BCUT2D eigenvalue weighted by molar-refractivity contribution is 7.99. The normalized spacial score (nSPS) is 27.5. The molecule has 1 aliphatic rings. The molecule has 0 saturated heterocycles. The lowest BCUT2D eigenvalue weighted by molar-refractivity contribution is 0.453. The molecular weight excluding hydrogens is 194 g/mol. The molecule has 0 aliphatic heterocycles. The summed E-state index contributed by atoms with van der Waals surface area (Å²) in [6.07, 6.45) is 10.2. The Kier molecular flexibility index (Phi) is 3.37. The van der Waals surface area contributed by atoms with Gasteiger partial charge >= 0.3 is 0 Å². The summed E-state index contributed by atoms with van der Waals surface area (Å²) < 4.78 is 0. The molecule has 1 aromatic heterocycles. The molecule has 0 amide bonds. The van der Waals surface area contributed by atoms with Crippen LogP contribution in [-0.4, -0.2) is 21.3 Å². The zero-order chi connectivity index (χ0) is 9.80. The molecule has 4 heteroatoms. The minimum Gasteiger partial charge on any atom is -0.327 e. The Bertz CT molecular complexity index is 278. The predicted octanol–water partition coefficient (Wildman–Crippen LogP) is 1.84. The van der Waals surface area contributed by atoms with Crippen LogP contribution in [-0.2, 0) is 0 Å². The molecule has 0 spiro atoms. The van der Waals surface area contributed by atoms with E-state index >= 15 is 0 Å². The van der Waals surface area contributed by atoms with Crippen molar-refractivity contribution < 1.29 is 0 Å². The van der Waals surface area contributed by atoms with E-state index in [0.717, 1.165) is 11.4 Å². The smallest absolute Gasteiger partial charge is 0.115 e. The molecule has 0 bridgehead atoms. The van der Waals surface area contributed by atoms with Crippen molar-refractivity contribution >= 4 is 11.8 Å². The van der Waals surface area contributed by atoms with Crippen molar-refractivity contribution in [2.45, 2.75) is 42.0 Å². The SMILES string of the molecule is NC1CCCCC1Sc1cnccn1. The maximum atomic E-state index is 6.06. The van der Waals surface area contributed by atoms with Gasteiger partial charge in [-0.25, -0.2) is 4.98 Å². The van der Waals surface area contributed by atoms with Gasteiger partial charge in [0.1, 0.15) is 5.03 Å². The Morgan fingerprint density at radius 2 is 2.14 bits per heavy atom. The van der Waals surface area contributed by atoms with E-state index in [2.05, 4.69) is 9.97 Å². The minimum absolute atomic E-state index is 0.329. The second kappa shape index (κ2) is 4.75. The fourth-order valence-corrected chi connectivity index (χ4v) is 2.92. The number of nitrogens with zero attached hydrogens (tertiary/aromatic N) is 2. The van der Waals surface area contributed by atoms with E-state index in [1.165, 1.54) is 19.3 Å². The second-order valence-corrected chi connectivity index (χ2v) is 4.91. The highest BCUT2D eigenvalue weighted by Gasteiger charge is 2.22. The lowest BCUT2D eigenvalue weighted by Crippen LogP contribution is -2.35. The van der Waals surface area contributed by atoms with Gasteiger partial charge in [-0.3, -0.25) is 4.98 Å². The Labute approximate surface area is 88.5 Å². The topological polar surface area (TPSA) is 51.8 Å². The van der Waals surface area contributed by atoms with Crippen LogP contribution in [0.2, 0.25) is 0 Å². The van der Waals surface area contributed by atoms with E-state index in [1.807, 2.05) is 6.20 Å². The third-order valence-corrected chi connectivity index (χ3v) is 3.91. The molecule has 3 nitrogen and oxygen atoms in total. The molecule has 2 N–H and O–H groups in total. The first-order valence-corrected chi connectivity index (χ1v) is 5.92. The van der Waals surface area contributed by atoms with Gasteiger partial charge in [0.15, 0.2) is 0 Å². The number of rotatable bonds is 2. The van der Waals surface area contributed by atoms with Gasteiger partial charge in [0.05, 0.1) is 6.20 Å². The second-order valence-electron chi connectivity index (χ2n) is 3.65. The molecule has 76 valence electrons. The van der Waals surface area contributed by atoms with Gasteiger partial charge in [-0.15, -0.1) is 0 Å². The molecule has 2 atom stereocenters. The van der Waals surface area contributed by atoms with Crippen LogP contribution < -0.4 is 5.73 Å². The average Bonchev–Trinajstić information content (AvgIpc) is 2.23. The lowest BCUT2D eigenvalue weighted by Gasteiger charge is -2.27. The number of hydrogen-bond donors (Lipinski definition) is 1. The van der Waals surface area contributed by atoms with Crippen LogP contribution in [0.3, 0.4) is 0 Å². The highest BCUT2D eigenvalue weighted by atomic mass is 32.2. The monoisotopic (exact) mass is 209 g/mol. The van der Waals surface area contributed by atoms with Crippen LogP contribution in [0.25, 0.3) is 0 Å². The van der Waals surface area contributed by atoms with Gasteiger partial charge in [0.25, 0.3) is 0 Å². The first-order valence-electron chi connectivity index (χ1n) is 5.04. The maximum absolute atomic E-state index is 6.06. The van der Waals surface area contributed by atoms with Gasteiger partial charge in [-0.05, 0) is 12.8 Å². The molecule has 1 saturated carbocycles. The first kappa shape index (κ1) is 9.93. The van der Waals surface area contributed by atoms with Crippen LogP contribution in [0.4, 0.5) is 0 Å². The van der Waals surface area contributed by atoms with Gasteiger partial charge in [-0.2, -0.15) is 0 Å². The summed E-state index contributed by atoms with van der Waals surface area (Å²) in [6, 6.07) is 0.329. The molecular formula is C10H15N3S. The zero-order valence-corrected chi connectivity index (χ0v) is 8.91. The Balaban J connectivity index is 1.96. The van der Waals surface area contributed by atoms with E-state index in [1.54, 1.807) is 24.2 Å². The molecule has 1 aromatic rings. The fourth-order valence-electron chi connectivity index (χ4n) is 1.77. The summed E-state index contributed by atoms with van der Waals surface area (Å²) in [5.74, 6) is 0. The van der Waals surface area contributed by atoms with E-state index in [4.69, 9.17) is 5.73 Å². The zero-order valence-electron chi connectivity index (χ0n) is 8.10. The third-order valence-electron chi connectivity index (χ3n) is 2.57. The summed E-state index contributed by atoms with van der Waals surface area (Å²) in [4.78, 5) is 8.30. The van der Waals surface area contributed by atoms with Gasteiger partial charge in [0, 0.05) is 23.7 Å². The van der Waals surface area contributed by atoms with E-state index < -0.39 is 0 Å². The summed E-state index contributed by atoms with van der Waals surface area (Å²) >= 11 is 1.77. The van der Waals surface area contributed by atoms with Gasteiger partial charge in [0.2, 0.25) is 0 Å². The molecule has 1 fully saturated rings. The number of nitrogens with two attached hydrogens (primary N) is 1. The van der Waals surface area contributed by atoms with Crippen molar-refractivity contribution in [1.82, 2.24) is 9.97 Å². The van der Waals surface area contributed by atoms with E-state index in [0.29, 0.717) is 11.3 Å². The van der Waals surface area contributed by atoms with Crippen LogP contribution in [0, 0.1) is 0 Å². The van der Waals surface area contributed by atoms with Crippen molar-refractivity contribution in [2.24, 2.45) is 5.73 Å². The predicted molar refractivity (Wildman–Crippen MR) is 58.1 cm³/mol. The number of thioether (sulfide) groups is 1. The van der Waals surface area contributed by atoms with Gasteiger partial charge in [-0.1, -0.05) is 24.6 Å². The molecule has 0 aromatic carbocycles.